The molecular formula is C15H13N3OS. The Bertz CT molecular complexity index is 735. The summed E-state index contributed by atoms with van der Waals surface area (Å²) >= 11 is 1.60. The largest absolute Gasteiger partial charge is 0.337 e. The lowest BCUT2D eigenvalue weighted by atomic mass is 9.77. The fraction of sp³-hybridized carbons (Fsp3) is 0.200. The molecule has 2 aromatic heterocycles. The number of benzene rings is 1. The molecule has 100 valence electrons. The van der Waals surface area contributed by atoms with Crippen LogP contribution in [0.4, 0.5) is 0 Å². The van der Waals surface area contributed by atoms with Gasteiger partial charge in [-0.3, -0.25) is 0 Å². The molecule has 0 saturated carbocycles. The van der Waals surface area contributed by atoms with Crippen LogP contribution in [0.15, 0.2) is 46.3 Å². The van der Waals surface area contributed by atoms with Crippen molar-refractivity contribution in [2.24, 2.45) is 5.73 Å². The molecule has 4 nitrogen and oxygen atoms in total. The Morgan fingerprint density at radius 1 is 1.25 bits per heavy atom. The molecule has 2 unspecified atom stereocenters. The molecule has 2 N–H and O–H groups in total. The van der Waals surface area contributed by atoms with Crippen molar-refractivity contribution in [1.29, 1.82) is 0 Å². The van der Waals surface area contributed by atoms with Crippen LogP contribution in [0.2, 0.25) is 0 Å². The van der Waals surface area contributed by atoms with Crippen molar-refractivity contribution in [3.63, 3.8) is 0 Å². The van der Waals surface area contributed by atoms with E-state index in [4.69, 9.17) is 10.3 Å². The zero-order chi connectivity index (χ0) is 13.5. The SMILES string of the molecule is NC(c1nc(C2Cc3ccccc32)no1)c1cccs1. The summed E-state index contributed by atoms with van der Waals surface area (Å²) in [4.78, 5) is 5.53. The quantitative estimate of drug-likeness (QED) is 0.802. The fourth-order valence-corrected chi connectivity index (χ4v) is 3.31. The predicted octanol–water partition coefficient (Wildman–Crippen LogP) is 2.87. The van der Waals surface area contributed by atoms with Crippen molar-refractivity contribution in [3.05, 3.63) is 69.5 Å². The highest BCUT2D eigenvalue weighted by molar-refractivity contribution is 7.10. The second-order valence-corrected chi connectivity index (χ2v) is 5.92. The minimum Gasteiger partial charge on any atom is -0.337 e. The molecule has 2 atom stereocenters. The molecule has 0 aliphatic heterocycles. The van der Waals surface area contributed by atoms with Crippen LogP contribution in [0.25, 0.3) is 0 Å². The monoisotopic (exact) mass is 283 g/mol. The number of nitrogens with zero attached hydrogens (tertiary/aromatic N) is 2. The van der Waals surface area contributed by atoms with Crippen LogP contribution in [-0.4, -0.2) is 10.1 Å². The molecule has 0 amide bonds. The van der Waals surface area contributed by atoms with E-state index in [-0.39, 0.29) is 12.0 Å². The molecule has 0 fully saturated rings. The summed E-state index contributed by atoms with van der Waals surface area (Å²) in [5.41, 5.74) is 8.81. The van der Waals surface area contributed by atoms with Gasteiger partial charge in [0.05, 0.1) is 5.92 Å². The van der Waals surface area contributed by atoms with E-state index < -0.39 is 0 Å². The van der Waals surface area contributed by atoms with Crippen LogP contribution in [0.1, 0.15) is 39.7 Å². The molecular weight excluding hydrogens is 270 g/mol. The van der Waals surface area contributed by atoms with Gasteiger partial charge in [0, 0.05) is 4.88 Å². The highest BCUT2D eigenvalue weighted by atomic mass is 32.1. The summed E-state index contributed by atoms with van der Waals surface area (Å²) in [7, 11) is 0. The van der Waals surface area contributed by atoms with Gasteiger partial charge in [0.15, 0.2) is 5.82 Å². The van der Waals surface area contributed by atoms with E-state index in [2.05, 4.69) is 28.3 Å². The van der Waals surface area contributed by atoms with Crippen molar-refractivity contribution < 1.29 is 4.52 Å². The summed E-state index contributed by atoms with van der Waals surface area (Å²) in [6, 6.07) is 12.0. The standard InChI is InChI=1S/C15H13N3OS/c16-13(12-6-3-7-20-12)15-17-14(18-19-15)11-8-9-4-1-2-5-10(9)11/h1-7,11,13H,8,16H2. The van der Waals surface area contributed by atoms with Gasteiger partial charge in [0.1, 0.15) is 6.04 Å². The number of rotatable bonds is 3. The molecule has 1 aliphatic rings. The van der Waals surface area contributed by atoms with Gasteiger partial charge in [-0.15, -0.1) is 11.3 Å². The topological polar surface area (TPSA) is 64.9 Å². The van der Waals surface area contributed by atoms with Crippen molar-refractivity contribution in [1.82, 2.24) is 10.1 Å². The molecule has 0 bridgehead atoms. The fourth-order valence-electron chi connectivity index (χ4n) is 2.59. The average Bonchev–Trinajstić information content (AvgIpc) is 3.10. The highest BCUT2D eigenvalue weighted by Gasteiger charge is 2.31. The van der Waals surface area contributed by atoms with Crippen molar-refractivity contribution >= 4 is 11.3 Å². The summed E-state index contributed by atoms with van der Waals surface area (Å²) in [5, 5.41) is 6.10. The van der Waals surface area contributed by atoms with E-state index in [1.54, 1.807) is 11.3 Å². The Kier molecular flexibility index (Phi) is 2.68. The predicted molar refractivity (Wildman–Crippen MR) is 76.6 cm³/mol. The zero-order valence-electron chi connectivity index (χ0n) is 10.7. The lowest BCUT2D eigenvalue weighted by molar-refractivity contribution is 0.360. The molecule has 4 rings (SSSR count). The van der Waals surface area contributed by atoms with Gasteiger partial charge in [-0.1, -0.05) is 35.5 Å². The number of nitrogens with two attached hydrogens (primary N) is 1. The van der Waals surface area contributed by atoms with Gasteiger partial charge in [-0.2, -0.15) is 4.98 Å². The lowest BCUT2D eigenvalue weighted by Gasteiger charge is -2.27. The van der Waals surface area contributed by atoms with Crippen molar-refractivity contribution in [3.8, 4) is 0 Å². The third kappa shape index (κ3) is 1.78. The maximum absolute atomic E-state index is 6.14. The van der Waals surface area contributed by atoms with Gasteiger partial charge in [0.25, 0.3) is 0 Å². The Morgan fingerprint density at radius 3 is 2.95 bits per heavy atom. The number of thiophene rings is 1. The van der Waals surface area contributed by atoms with Gasteiger partial charge in [-0.25, -0.2) is 0 Å². The third-order valence-electron chi connectivity index (χ3n) is 3.74. The lowest BCUT2D eigenvalue weighted by Crippen LogP contribution is -2.19. The Labute approximate surface area is 120 Å². The normalized spacial score (nSPS) is 18.4. The Morgan fingerprint density at radius 2 is 2.15 bits per heavy atom. The van der Waals surface area contributed by atoms with E-state index in [1.807, 2.05) is 23.6 Å². The van der Waals surface area contributed by atoms with Crippen LogP contribution in [0.5, 0.6) is 0 Å². The second kappa shape index (κ2) is 4.54. The number of fused-ring (bicyclic) bond motifs is 1. The van der Waals surface area contributed by atoms with Gasteiger partial charge < -0.3 is 10.3 Å². The smallest absolute Gasteiger partial charge is 0.249 e. The summed E-state index contributed by atoms with van der Waals surface area (Å²) in [6.07, 6.45) is 0.976. The molecule has 0 saturated heterocycles. The minimum absolute atomic E-state index is 0.249. The second-order valence-electron chi connectivity index (χ2n) is 4.94. The van der Waals surface area contributed by atoms with E-state index in [0.717, 1.165) is 17.1 Å². The number of hydrogen-bond donors (Lipinski definition) is 1. The van der Waals surface area contributed by atoms with Crippen LogP contribution in [-0.2, 0) is 6.42 Å². The first-order valence-electron chi connectivity index (χ1n) is 6.53. The number of hydrogen-bond acceptors (Lipinski definition) is 5. The third-order valence-corrected chi connectivity index (χ3v) is 4.69. The molecule has 20 heavy (non-hydrogen) atoms. The average molecular weight is 283 g/mol. The van der Waals surface area contributed by atoms with E-state index in [9.17, 15) is 0 Å². The van der Waals surface area contributed by atoms with Gasteiger partial charge in [0.2, 0.25) is 5.89 Å². The van der Waals surface area contributed by atoms with Gasteiger partial charge >= 0.3 is 0 Å². The van der Waals surface area contributed by atoms with Gasteiger partial charge in [-0.05, 0) is 29.0 Å². The van der Waals surface area contributed by atoms with Crippen LogP contribution in [0.3, 0.4) is 0 Å². The minimum atomic E-state index is -0.327. The summed E-state index contributed by atoms with van der Waals surface area (Å²) < 4.78 is 5.34. The van der Waals surface area contributed by atoms with E-state index in [0.29, 0.717) is 5.89 Å². The number of aromatic nitrogens is 2. The maximum Gasteiger partial charge on any atom is 0.249 e. The molecule has 1 aliphatic carbocycles. The molecule has 2 heterocycles. The first-order chi connectivity index (χ1) is 9.83. The molecule has 1 aromatic carbocycles. The maximum atomic E-state index is 6.14. The Hall–Kier alpha value is -1.98. The van der Waals surface area contributed by atoms with E-state index >= 15 is 0 Å². The first kappa shape index (κ1) is 11.8. The Balaban J connectivity index is 1.61. The van der Waals surface area contributed by atoms with E-state index in [1.165, 1.54) is 11.1 Å². The molecule has 3 aromatic rings. The van der Waals surface area contributed by atoms with Crippen LogP contribution < -0.4 is 5.73 Å². The van der Waals surface area contributed by atoms with Crippen LogP contribution in [0, 0.1) is 0 Å². The summed E-state index contributed by atoms with van der Waals surface area (Å²) in [5.74, 6) is 1.48. The molecule has 0 radical (unpaired) electrons. The molecule has 5 heteroatoms. The highest BCUT2D eigenvalue weighted by Crippen LogP contribution is 2.38. The van der Waals surface area contributed by atoms with Crippen molar-refractivity contribution in [2.45, 2.75) is 18.4 Å². The zero-order valence-corrected chi connectivity index (χ0v) is 11.5. The van der Waals surface area contributed by atoms with Crippen molar-refractivity contribution in [2.75, 3.05) is 0 Å². The van der Waals surface area contributed by atoms with Crippen LogP contribution >= 0.6 is 11.3 Å². The summed E-state index contributed by atoms with van der Waals surface area (Å²) in [6.45, 7) is 0. The first-order valence-corrected chi connectivity index (χ1v) is 7.41. The molecule has 0 spiro atoms.